The van der Waals surface area contributed by atoms with Crippen molar-refractivity contribution in [2.75, 3.05) is 31.9 Å². The zero-order valence-corrected chi connectivity index (χ0v) is 26.9. The number of ether oxygens (including phenoxy) is 2. The van der Waals surface area contributed by atoms with Gasteiger partial charge in [-0.15, -0.1) is 0 Å². The molecule has 2 fully saturated rings. The van der Waals surface area contributed by atoms with Crippen LogP contribution in [0.2, 0.25) is 5.02 Å². The number of nitrogens with two attached hydrogens (primary N) is 1. The summed E-state index contributed by atoms with van der Waals surface area (Å²) >= 11 is 5.71. The van der Waals surface area contributed by atoms with Gasteiger partial charge in [-0.25, -0.2) is 14.2 Å². The summed E-state index contributed by atoms with van der Waals surface area (Å²) in [5.41, 5.74) is 4.16. The lowest BCUT2D eigenvalue weighted by Crippen LogP contribution is -2.53. The quantitative estimate of drug-likeness (QED) is 0.386. The summed E-state index contributed by atoms with van der Waals surface area (Å²) in [7, 11) is 0. The molecule has 0 unspecified atom stereocenters. The minimum Gasteiger partial charge on any atom is -0.444 e. The predicted molar refractivity (Wildman–Crippen MR) is 170 cm³/mol. The van der Waals surface area contributed by atoms with Gasteiger partial charge in [0.25, 0.3) is 5.56 Å². The summed E-state index contributed by atoms with van der Waals surface area (Å²) in [6.45, 7) is 6.74. The first kappa shape index (κ1) is 33.2. The summed E-state index contributed by atoms with van der Waals surface area (Å²) in [5, 5.41) is 11.3. The van der Waals surface area contributed by atoms with Crippen molar-refractivity contribution in [2.45, 2.75) is 63.7 Å². The highest BCUT2D eigenvalue weighted by molar-refractivity contribution is 6.30. The largest absolute Gasteiger partial charge is 0.444 e. The van der Waals surface area contributed by atoms with Gasteiger partial charge in [0.05, 0.1) is 17.2 Å². The normalized spacial score (nSPS) is 19.9. The van der Waals surface area contributed by atoms with Crippen molar-refractivity contribution in [1.82, 2.24) is 19.4 Å². The Morgan fingerprint density at radius 3 is 2.46 bits per heavy atom. The van der Waals surface area contributed by atoms with Gasteiger partial charge in [-0.1, -0.05) is 41.9 Å². The maximum absolute atomic E-state index is 13.9. The number of benzene rings is 2. The molecule has 2 saturated heterocycles. The summed E-state index contributed by atoms with van der Waals surface area (Å²) in [4.78, 5) is 47.4. The smallest absolute Gasteiger partial charge is 0.410 e. The molecule has 2 aliphatic rings. The van der Waals surface area contributed by atoms with Crippen LogP contribution in [0.5, 0.6) is 11.6 Å². The van der Waals surface area contributed by atoms with Crippen molar-refractivity contribution >= 4 is 29.3 Å². The Kier molecular flexibility index (Phi) is 9.59. The average Bonchev–Trinajstić information content (AvgIpc) is 3.02. The Bertz CT molecular complexity index is 1640. The standard InChI is InChI=1S/C33H39ClFN5O6/c1-32(2,3)46-31(43)39-14-11-23(24(18-39)21-7-5-4-6-8-21)29(41)38-15-12-33(44,13-16-38)19-40-20-37-28(27(36)30(40)42)45-22-9-10-25(34)26(35)17-22/h4-10,17,20,23-24,44H,11-16,18-19,36H2,1-3H3/t23-,24+/m1/s1. The van der Waals surface area contributed by atoms with Crippen LogP contribution in [0.15, 0.2) is 59.7 Å². The molecule has 3 heterocycles. The van der Waals surface area contributed by atoms with Crippen LogP contribution in [0.25, 0.3) is 0 Å². The molecule has 0 aliphatic carbocycles. The molecule has 0 saturated carbocycles. The Morgan fingerprint density at radius 1 is 1.11 bits per heavy atom. The molecule has 5 rings (SSSR count). The molecule has 11 nitrogen and oxygen atoms in total. The highest BCUT2D eigenvalue weighted by atomic mass is 35.5. The molecule has 2 aliphatic heterocycles. The molecule has 2 atom stereocenters. The van der Waals surface area contributed by atoms with Crippen LogP contribution in [0.1, 0.15) is 51.5 Å². The lowest BCUT2D eigenvalue weighted by atomic mass is 9.79. The van der Waals surface area contributed by atoms with Gasteiger partial charge < -0.3 is 30.1 Å². The number of nitrogen functional groups attached to an aromatic ring is 1. The number of amides is 2. The molecule has 0 radical (unpaired) electrons. The number of halogens is 2. The molecule has 46 heavy (non-hydrogen) atoms. The van der Waals surface area contributed by atoms with Gasteiger partial charge in [-0.2, -0.15) is 0 Å². The van der Waals surface area contributed by atoms with E-state index in [2.05, 4.69) is 4.98 Å². The van der Waals surface area contributed by atoms with E-state index in [9.17, 15) is 23.9 Å². The number of hydrogen-bond donors (Lipinski definition) is 2. The number of aromatic nitrogens is 2. The number of rotatable bonds is 6. The molecule has 3 N–H and O–H groups in total. The summed E-state index contributed by atoms with van der Waals surface area (Å²) < 4.78 is 26.1. The number of hydrogen-bond acceptors (Lipinski definition) is 8. The van der Waals surface area contributed by atoms with E-state index < -0.39 is 28.7 Å². The number of piperidine rings is 2. The summed E-state index contributed by atoms with van der Waals surface area (Å²) in [5.74, 6) is -1.41. The molecular weight excluding hydrogens is 617 g/mol. The Morgan fingerprint density at radius 2 is 1.80 bits per heavy atom. The SMILES string of the molecule is CC(C)(C)OC(=O)N1CC[C@@H](C(=O)N2CCC(O)(Cn3cnc(Oc4ccc(Cl)c(F)c4)c(N)c3=O)CC2)[C@H](c2ccccc2)C1. The maximum Gasteiger partial charge on any atom is 0.410 e. The van der Waals surface area contributed by atoms with Gasteiger partial charge in [-0.3, -0.25) is 14.2 Å². The first-order chi connectivity index (χ1) is 21.7. The van der Waals surface area contributed by atoms with Crippen molar-refractivity contribution < 1.29 is 28.6 Å². The molecule has 246 valence electrons. The second-order valence-corrected chi connectivity index (χ2v) is 13.4. The molecular formula is C33H39ClFN5O6. The van der Waals surface area contributed by atoms with Crippen molar-refractivity contribution in [3.05, 3.63) is 81.6 Å². The van der Waals surface area contributed by atoms with E-state index in [1.807, 2.05) is 51.1 Å². The molecule has 2 aromatic carbocycles. The highest BCUT2D eigenvalue weighted by Crippen LogP contribution is 2.36. The van der Waals surface area contributed by atoms with E-state index in [0.29, 0.717) is 32.6 Å². The van der Waals surface area contributed by atoms with E-state index in [0.717, 1.165) is 11.6 Å². The molecule has 3 aromatic rings. The van der Waals surface area contributed by atoms with Crippen LogP contribution in [0.4, 0.5) is 14.9 Å². The van der Waals surface area contributed by atoms with Gasteiger partial charge in [0.1, 0.15) is 23.5 Å². The van der Waals surface area contributed by atoms with Crippen LogP contribution < -0.4 is 16.0 Å². The number of carbonyl (C=O) groups excluding carboxylic acids is 2. The monoisotopic (exact) mass is 655 g/mol. The van der Waals surface area contributed by atoms with Crippen molar-refractivity contribution in [1.29, 1.82) is 0 Å². The van der Waals surface area contributed by atoms with Crippen molar-refractivity contribution in [2.24, 2.45) is 5.92 Å². The first-order valence-electron chi connectivity index (χ1n) is 15.2. The summed E-state index contributed by atoms with van der Waals surface area (Å²) in [6.07, 6.45) is 1.78. The number of likely N-dealkylation sites (tertiary alicyclic amines) is 2. The molecule has 2 amide bonds. The fourth-order valence-corrected chi connectivity index (χ4v) is 6.08. The fourth-order valence-electron chi connectivity index (χ4n) is 5.97. The highest BCUT2D eigenvalue weighted by Gasteiger charge is 2.42. The van der Waals surface area contributed by atoms with Crippen molar-refractivity contribution in [3.8, 4) is 11.6 Å². The zero-order valence-electron chi connectivity index (χ0n) is 26.1. The second kappa shape index (κ2) is 13.3. The van der Waals surface area contributed by atoms with Gasteiger partial charge in [-0.05, 0) is 57.7 Å². The fraction of sp³-hybridized carbons (Fsp3) is 0.455. The molecule has 0 spiro atoms. The maximum atomic E-state index is 13.9. The van der Waals surface area contributed by atoms with Crippen LogP contribution in [-0.4, -0.2) is 73.8 Å². The second-order valence-electron chi connectivity index (χ2n) is 13.0. The zero-order chi connectivity index (χ0) is 33.2. The third-order valence-corrected chi connectivity index (χ3v) is 8.73. The van der Waals surface area contributed by atoms with E-state index >= 15 is 0 Å². The molecule has 0 bridgehead atoms. The Labute approximate surface area is 271 Å². The van der Waals surface area contributed by atoms with Gasteiger partial charge in [0.15, 0.2) is 5.69 Å². The Hall–Kier alpha value is -4.16. The minimum atomic E-state index is -1.28. The lowest BCUT2D eigenvalue weighted by molar-refractivity contribution is -0.142. The number of aliphatic hydroxyl groups is 1. The van der Waals surface area contributed by atoms with Gasteiger partial charge >= 0.3 is 6.09 Å². The predicted octanol–water partition coefficient (Wildman–Crippen LogP) is 4.80. The number of anilines is 1. The lowest BCUT2D eigenvalue weighted by Gasteiger charge is -2.43. The first-order valence-corrected chi connectivity index (χ1v) is 15.6. The van der Waals surface area contributed by atoms with E-state index in [4.69, 9.17) is 26.8 Å². The van der Waals surface area contributed by atoms with E-state index in [1.54, 1.807) is 9.80 Å². The van der Waals surface area contributed by atoms with Crippen molar-refractivity contribution in [3.63, 3.8) is 0 Å². The average molecular weight is 656 g/mol. The van der Waals surface area contributed by atoms with Crippen LogP contribution in [-0.2, 0) is 16.1 Å². The van der Waals surface area contributed by atoms with Crippen LogP contribution >= 0.6 is 11.6 Å². The van der Waals surface area contributed by atoms with Crippen LogP contribution in [0.3, 0.4) is 0 Å². The molecule has 13 heteroatoms. The van der Waals surface area contributed by atoms with Gasteiger partial charge in [0, 0.05) is 44.1 Å². The minimum absolute atomic E-state index is 0.0250. The van der Waals surface area contributed by atoms with E-state index in [1.165, 1.54) is 23.0 Å². The third-order valence-electron chi connectivity index (χ3n) is 8.42. The number of nitrogens with zero attached hydrogens (tertiary/aromatic N) is 4. The number of carbonyl (C=O) groups is 2. The van der Waals surface area contributed by atoms with Crippen LogP contribution in [0, 0.1) is 11.7 Å². The van der Waals surface area contributed by atoms with Gasteiger partial charge in [0.2, 0.25) is 11.8 Å². The third kappa shape index (κ3) is 7.61. The topological polar surface area (TPSA) is 140 Å². The summed E-state index contributed by atoms with van der Waals surface area (Å²) in [6, 6.07) is 13.5. The molecule has 1 aromatic heterocycles. The Balaban J connectivity index is 1.24. The van der Waals surface area contributed by atoms with E-state index in [-0.39, 0.29) is 59.5 Å².